The molecule has 2 N–H and O–H groups in total. The van der Waals surface area contributed by atoms with Crippen LogP contribution in [0.5, 0.6) is 0 Å². The number of nitrogens with zero attached hydrogens (tertiary/aromatic N) is 1. The number of ether oxygens (including phenoxy) is 1. The molecule has 0 spiro atoms. The van der Waals surface area contributed by atoms with Crippen molar-refractivity contribution in [2.24, 2.45) is 17.6 Å². The van der Waals surface area contributed by atoms with Gasteiger partial charge < -0.3 is 15.4 Å². The monoisotopic (exact) mass is 214 g/mol. The largest absolute Gasteiger partial charge is 0.381 e. The Morgan fingerprint density at radius 3 is 2.40 bits per heavy atom. The molecule has 1 unspecified atom stereocenters. The average Bonchev–Trinajstić information content (AvgIpc) is 2.26. The zero-order valence-electron chi connectivity index (χ0n) is 10.4. The molecule has 3 heteroatoms. The number of rotatable bonds is 5. The topological polar surface area (TPSA) is 38.5 Å². The Morgan fingerprint density at radius 1 is 1.33 bits per heavy atom. The van der Waals surface area contributed by atoms with Crippen molar-refractivity contribution in [1.29, 1.82) is 0 Å². The highest BCUT2D eigenvalue weighted by atomic mass is 16.5. The first-order valence-corrected chi connectivity index (χ1v) is 6.13. The maximum atomic E-state index is 5.80. The third kappa shape index (κ3) is 4.09. The quantitative estimate of drug-likeness (QED) is 0.750. The van der Waals surface area contributed by atoms with E-state index < -0.39 is 0 Å². The molecule has 0 aromatic carbocycles. The van der Waals surface area contributed by atoms with Crippen molar-refractivity contribution in [3.05, 3.63) is 0 Å². The van der Waals surface area contributed by atoms with Crippen molar-refractivity contribution in [1.82, 2.24) is 4.90 Å². The summed E-state index contributed by atoms with van der Waals surface area (Å²) in [6, 6.07) is 0.701. The molecule has 0 radical (unpaired) electrons. The van der Waals surface area contributed by atoms with Crippen LogP contribution in [0.3, 0.4) is 0 Å². The van der Waals surface area contributed by atoms with Crippen molar-refractivity contribution in [2.75, 3.05) is 33.4 Å². The summed E-state index contributed by atoms with van der Waals surface area (Å²) >= 11 is 0. The molecular formula is C12H26N2O. The third-order valence-electron chi connectivity index (χ3n) is 3.58. The fourth-order valence-corrected chi connectivity index (χ4v) is 2.20. The van der Waals surface area contributed by atoms with Crippen LogP contribution in [0.15, 0.2) is 0 Å². The van der Waals surface area contributed by atoms with E-state index >= 15 is 0 Å². The van der Waals surface area contributed by atoms with E-state index in [0.717, 1.165) is 26.3 Å². The van der Waals surface area contributed by atoms with E-state index in [1.807, 2.05) is 0 Å². The maximum absolute atomic E-state index is 5.80. The Morgan fingerprint density at radius 2 is 1.93 bits per heavy atom. The van der Waals surface area contributed by atoms with E-state index in [-0.39, 0.29) is 0 Å². The molecule has 0 aromatic heterocycles. The molecule has 1 aliphatic heterocycles. The Balaban J connectivity index is 2.34. The van der Waals surface area contributed by atoms with Gasteiger partial charge in [0.15, 0.2) is 0 Å². The van der Waals surface area contributed by atoms with E-state index in [0.29, 0.717) is 17.9 Å². The van der Waals surface area contributed by atoms with E-state index in [1.54, 1.807) is 0 Å². The number of nitrogens with two attached hydrogens (primary N) is 1. The lowest BCUT2D eigenvalue weighted by Crippen LogP contribution is -2.42. The van der Waals surface area contributed by atoms with Gasteiger partial charge >= 0.3 is 0 Å². The lowest BCUT2D eigenvalue weighted by atomic mass is 9.94. The van der Waals surface area contributed by atoms with Gasteiger partial charge in [-0.05, 0) is 38.3 Å². The predicted molar refractivity (Wildman–Crippen MR) is 63.9 cm³/mol. The minimum Gasteiger partial charge on any atom is -0.381 e. The van der Waals surface area contributed by atoms with Crippen molar-refractivity contribution < 1.29 is 4.74 Å². The highest BCUT2D eigenvalue weighted by molar-refractivity contribution is 4.76. The van der Waals surface area contributed by atoms with E-state index in [9.17, 15) is 0 Å². The average molecular weight is 214 g/mol. The van der Waals surface area contributed by atoms with Crippen LogP contribution < -0.4 is 5.73 Å². The van der Waals surface area contributed by atoms with Crippen LogP contribution in [0.4, 0.5) is 0 Å². The molecule has 1 atom stereocenters. The molecule has 15 heavy (non-hydrogen) atoms. The SMILES string of the molecule is CC(C)C(CN)CN(C)C1CCOCC1. The zero-order valence-corrected chi connectivity index (χ0v) is 10.4. The molecule has 3 nitrogen and oxygen atoms in total. The van der Waals surface area contributed by atoms with Gasteiger partial charge in [0, 0.05) is 25.8 Å². The Kier molecular flexibility index (Phi) is 5.58. The van der Waals surface area contributed by atoms with Crippen molar-refractivity contribution >= 4 is 0 Å². The molecule has 0 bridgehead atoms. The summed E-state index contributed by atoms with van der Waals surface area (Å²) in [7, 11) is 2.22. The van der Waals surface area contributed by atoms with Crippen LogP contribution in [0.1, 0.15) is 26.7 Å². The second-order valence-corrected chi connectivity index (χ2v) is 5.02. The first-order valence-electron chi connectivity index (χ1n) is 6.13. The summed E-state index contributed by atoms with van der Waals surface area (Å²) in [6.45, 7) is 8.28. The van der Waals surface area contributed by atoms with Gasteiger partial charge in [0.1, 0.15) is 0 Å². The Hall–Kier alpha value is -0.120. The molecule has 1 rings (SSSR count). The molecule has 0 amide bonds. The van der Waals surface area contributed by atoms with Crippen LogP contribution in [0.2, 0.25) is 0 Å². The molecule has 0 aliphatic carbocycles. The molecule has 1 saturated heterocycles. The van der Waals surface area contributed by atoms with Gasteiger partial charge in [0.25, 0.3) is 0 Å². The van der Waals surface area contributed by atoms with E-state index in [4.69, 9.17) is 10.5 Å². The highest BCUT2D eigenvalue weighted by Crippen LogP contribution is 2.17. The fraction of sp³-hybridized carbons (Fsp3) is 1.00. The normalized spacial score (nSPS) is 21.2. The second kappa shape index (κ2) is 6.46. The maximum Gasteiger partial charge on any atom is 0.0480 e. The minimum atomic E-state index is 0.623. The molecule has 1 fully saturated rings. The fourth-order valence-electron chi connectivity index (χ4n) is 2.20. The lowest BCUT2D eigenvalue weighted by Gasteiger charge is -2.34. The van der Waals surface area contributed by atoms with E-state index in [1.165, 1.54) is 12.8 Å². The third-order valence-corrected chi connectivity index (χ3v) is 3.58. The van der Waals surface area contributed by atoms with Gasteiger partial charge in [-0.25, -0.2) is 0 Å². The summed E-state index contributed by atoms with van der Waals surface area (Å²) in [5, 5.41) is 0. The molecule has 0 saturated carbocycles. The van der Waals surface area contributed by atoms with Crippen molar-refractivity contribution in [3.8, 4) is 0 Å². The predicted octanol–water partition coefficient (Wildman–Crippen LogP) is 1.33. The van der Waals surface area contributed by atoms with Gasteiger partial charge in [-0.1, -0.05) is 13.8 Å². The number of hydrogen-bond acceptors (Lipinski definition) is 3. The Bertz CT molecular complexity index is 167. The van der Waals surface area contributed by atoms with Crippen LogP contribution in [-0.4, -0.2) is 44.3 Å². The van der Waals surface area contributed by atoms with Gasteiger partial charge in [-0.2, -0.15) is 0 Å². The van der Waals surface area contributed by atoms with Crippen LogP contribution in [-0.2, 0) is 4.74 Å². The van der Waals surface area contributed by atoms with Crippen LogP contribution >= 0.6 is 0 Å². The van der Waals surface area contributed by atoms with Crippen LogP contribution in [0.25, 0.3) is 0 Å². The van der Waals surface area contributed by atoms with Gasteiger partial charge in [-0.15, -0.1) is 0 Å². The molecule has 1 heterocycles. The van der Waals surface area contributed by atoms with Crippen LogP contribution in [0, 0.1) is 11.8 Å². The summed E-state index contributed by atoms with van der Waals surface area (Å²) in [5.74, 6) is 1.30. The first-order chi connectivity index (χ1) is 7.15. The highest BCUT2D eigenvalue weighted by Gasteiger charge is 2.21. The summed E-state index contributed by atoms with van der Waals surface area (Å²) in [6.07, 6.45) is 2.35. The minimum absolute atomic E-state index is 0.623. The zero-order chi connectivity index (χ0) is 11.3. The van der Waals surface area contributed by atoms with Gasteiger partial charge in [0.2, 0.25) is 0 Å². The molecular weight excluding hydrogens is 188 g/mol. The molecule has 90 valence electrons. The summed E-state index contributed by atoms with van der Waals surface area (Å²) < 4.78 is 5.38. The van der Waals surface area contributed by atoms with Crippen molar-refractivity contribution in [2.45, 2.75) is 32.7 Å². The van der Waals surface area contributed by atoms with Crippen molar-refractivity contribution in [3.63, 3.8) is 0 Å². The summed E-state index contributed by atoms with van der Waals surface area (Å²) in [4.78, 5) is 2.47. The molecule has 1 aliphatic rings. The second-order valence-electron chi connectivity index (χ2n) is 5.02. The van der Waals surface area contributed by atoms with E-state index in [2.05, 4.69) is 25.8 Å². The molecule has 0 aromatic rings. The first kappa shape index (κ1) is 12.9. The number of hydrogen-bond donors (Lipinski definition) is 1. The summed E-state index contributed by atoms with van der Waals surface area (Å²) in [5.41, 5.74) is 5.80. The lowest BCUT2D eigenvalue weighted by molar-refractivity contribution is 0.0363. The van der Waals surface area contributed by atoms with Gasteiger partial charge in [-0.3, -0.25) is 0 Å². The Labute approximate surface area is 94.0 Å². The standard InChI is InChI=1S/C12H26N2O/c1-10(2)11(8-13)9-14(3)12-4-6-15-7-5-12/h10-12H,4-9,13H2,1-3H3. The van der Waals surface area contributed by atoms with Gasteiger partial charge in [0.05, 0.1) is 0 Å². The smallest absolute Gasteiger partial charge is 0.0480 e.